The molecule has 5 nitrogen and oxygen atoms in total. The average Bonchev–Trinajstić information content (AvgIpc) is 2.67. The number of hydrogen-bond donors (Lipinski definition) is 2. The van der Waals surface area contributed by atoms with E-state index in [1.54, 1.807) is 18.3 Å². The highest BCUT2D eigenvalue weighted by molar-refractivity contribution is 5.91. The minimum absolute atomic E-state index is 0.244. The van der Waals surface area contributed by atoms with Gasteiger partial charge in [-0.1, -0.05) is 30.3 Å². The van der Waals surface area contributed by atoms with Crippen molar-refractivity contribution in [2.75, 3.05) is 10.6 Å². The topological polar surface area (TPSA) is 62.7 Å². The molecule has 0 saturated carbocycles. The molecule has 2 heterocycles. The molecule has 0 saturated heterocycles. The van der Waals surface area contributed by atoms with E-state index >= 15 is 0 Å². The van der Waals surface area contributed by atoms with Crippen LogP contribution in [0, 0.1) is 12.7 Å². The van der Waals surface area contributed by atoms with Gasteiger partial charge in [-0.3, -0.25) is 4.98 Å². The van der Waals surface area contributed by atoms with E-state index in [0.717, 1.165) is 27.8 Å². The van der Waals surface area contributed by atoms with Crippen molar-refractivity contribution >= 4 is 28.4 Å². The fourth-order valence-corrected chi connectivity index (χ4v) is 2.84. The maximum absolute atomic E-state index is 13.0. The molecule has 0 radical (unpaired) electrons. The number of nitrogens with zero attached hydrogens (tertiary/aromatic N) is 3. The van der Waals surface area contributed by atoms with Crippen LogP contribution in [0.15, 0.2) is 66.9 Å². The number of fused-ring (bicyclic) bond motifs is 1. The third kappa shape index (κ3) is 4.00. The quantitative estimate of drug-likeness (QED) is 0.534. The number of nitrogens with one attached hydrogen (secondary N) is 2. The molecule has 0 spiro atoms. The standard InChI is InChI=1S/C21H18FN5/c1-14-12-19(24-13-15-7-9-17(22)10-8-15)27-21(25-14)26-18-6-2-4-16-5-3-11-23-20(16)18/h2-12H,13H2,1H3,(H2,24,25,26,27). The molecule has 27 heavy (non-hydrogen) atoms. The van der Waals surface area contributed by atoms with Crippen molar-refractivity contribution in [2.45, 2.75) is 13.5 Å². The Labute approximate surface area is 156 Å². The first-order chi connectivity index (χ1) is 13.2. The number of para-hydroxylation sites is 1. The van der Waals surface area contributed by atoms with Gasteiger partial charge in [0.2, 0.25) is 5.95 Å². The van der Waals surface area contributed by atoms with Crippen LogP contribution in [0.1, 0.15) is 11.3 Å². The smallest absolute Gasteiger partial charge is 0.229 e. The van der Waals surface area contributed by atoms with Gasteiger partial charge in [0.1, 0.15) is 11.6 Å². The molecule has 0 fully saturated rings. The second kappa shape index (κ2) is 7.37. The highest BCUT2D eigenvalue weighted by atomic mass is 19.1. The van der Waals surface area contributed by atoms with Crippen LogP contribution in [-0.2, 0) is 6.54 Å². The Balaban J connectivity index is 1.56. The van der Waals surface area contributed by atoms with E-state index in [4.69, 9.17) is 0 Å². The van der Waals surface area contributed by atoms with Crippen LogP contribution in [0.3, 0.4) is 0 Å². The molecular weight excluding hydrogens is 341 g/mol. The molecule has 4 aromatic rings. The Kier molecular flexibility index (Phi) is 4.61. The Morgan fingerprint density at radius 2 is 1.78 bits per heavy atom. The molecule has 2 N–H and O–H groups in total. The van der Waals surface area contributed by atoms with Crippen molar-refractivity contribution < 1.29 is 4.39 Å². The molecule has 134 valence electrons. The average molecular weight is 359 g/mol. The zero-order chi connectivity index (χ0) is 18.6. The summed E-state index contributed by atoms with van der Waals surface area (Å²) in [6.07, 6.45) is 1.76. The largest absolute Gasteiger partial charge is 0.366 e. The van der Waals surface area contributed by atoms with Crippen LogP contribution in [0.4, 0.5) is 21.8 Å². The van der Waals surface area contributed by atoms with Crippen LogP contribution in [-0.4, -0.2) is 15.0 Å². The molecule has 0 bridgehead atoms. The van der Waals surface area contributed by atoms with Crippen molar-refractivity contribution in [3.8, 4) is 0 Å². The van der Waals surface area contributed by atoms with Gasteiger partial charge in [-0.25, -0.2) is 9.37 Å². The number of hydrogen-bond acceptors (Lipinski definition) is 5. The number of pyridine rings is 1. The Morgan fingerprint density at radius 3 is 2.63 bits per heavy atom. The fraction of sp³-hybridized carbons (Fsp3) is 0.0952. The van der Waals surface area contributed by atoms with Gasteiger partial charge >= 0.3 is 0 Å². The molecule has 6 heteroatoms. The lowest BCUT2D eigenvalue weighted by molar-refractivity contribution is 0.627. The summed E-state index contributed by atoms with van der Waals surface area (Å²) in [5, 5.41) is 7.56. The highest BCUT2D eigenvalue weighted by Crippen LogP contribution is 2.23. The predicted molar refractivity (Wildman–Crippen MR) is 106 cm³/mol. The summed E-state index contributed by atoms with van der Waals surface area (Å²) in [6, 6.07) is 18.1. The maximum Gasteiger partial charge on any atom is 0.229 e. The van der Waals surface area contributed by atoms with Crippen molar-refractivity contribution in [2.24, 2.45) is 0 Å². The molecule has 4 rings (SSSR count). The lowest BCUT2D eigenvalue weighted by Crippen LogP contribution is -2.06. The van der Waals surface area contributed by atoms with E-state index in [-0.39, 0.29) is 5.82 Å². The summed E-state index contributed by atoms with van der Waals surface area (Å²) in [5.74, 6) is 0.948. The van der Waals surface area contributed by atoms with E-state index < -0.39 is 0 Å². The Bertz CT molecular complexity index is 1070. The van der Waals surface area contributed by atoms with Gasteiger partial charge in [0.25, 0.3) is 0 Å². The third-order valence-electron chi connectivity index (χ3n) is 4.12. The zero-order valence-electron chi connectivity index (χ0n) is 14.8. The minimum Gasteiger partial charge on any atom is -0.366 e. The van der Waals surface area contributed by atoms with Gasteiger partial charge in [0.05, 0.1) is 11.2 Å². The van der Waals surface area contributed by atoms with Crippen LogP contribution in [0.5, 0.6) is 0 Å². The van der Waals surface area contributed by atoms with E-state index in [2.05, 4.69) is 25.6 Å². The van der Waals surface area contributed by atoms with Gasteiger partial charge in [-0.05, 0) is 36.8 Å². The minimum atomic E-state index is -0.244. The van der Waals surface area contributed by atoms with Crippen molar-refractivity contribution in [3.63, 3.8) is 0 Å². The number of halogens is 1. The van der Waals surface area contributed by atoms with Crippen LogP contribution < -0.4 is 10.6 Å². The lowest BCUT2D eigenvalue weighted by atomic mass is 10.2. The van der Waals surface area contributed by atoms with Crippen LogP contribution in [0.25, 0.3) is 10.9 Å². The number of anilines is 3. The Morgan fingerprint density at radius 1 is 0.963 bits per heavy atom. The number of aromatic nitrogens is 3. The molecule has 0 amide bonds. The number of aryl methyl sites for hydroxylation is 1. The monoisotopic (exact) mass is 359 g/mol. The molecule has 0 unspecified atom stereocenters. The van der Waals surface area contributed by atoms with Crippen molar-refractivity contribution in [1.82, 2.24) is 15.0 Å². The fourth-order valence-electron chi connectivity index (χ4n) is 2.84. The van der Waals surface area contributed by atoms with Crippen molar-refractivity contribution in [3.05, 3.63) is 83.9 Å². The summed E-state index contributed by atoms with van der Waals surface area (Å²) in [5.41, 5.74) is 3.52. The van der Waals surface area contributed by atoms with Gasteiger partial charge in [0, 0.05) is 29.9 Å². The normalized spacial score (nSPS) is 10.7. The second-order valence-corrected chi connectivity index (χ2v) is 6.20. The van der Waals surface area contributed by atoms with E-state index in [9.17, 15) is 4.39 Å². The molecular formula is C21H18FN5. The first-order valence-electron chi connectivity index (χ1n) is 8.62. The lowest BCUT2D eigenvalue weighted by Gasteiger charge is -2.11. The summed E-state index contributed by atoms with van der Waals surface area (Å²) >= 11 is 0. The SMILES string of the molecule is Cc1cc(NCc2ccc(F)cc2)nc(Nc2cccc3cccnc23)n1. The molecule has 0 atom stereocenters. The van der Waals surface area contributed by atoms with Crippen LogP contribution >= 0.6 is 0 Å². The first kappa shape index (κ1) is 16.9. The maximum atomic E-state index is 13.0. The number of rotatable bonds is 5. The first-order valence-corrected chi connectivity index (χ1v) is 8.62. The molecule has 2 aromatic carbocycles. The van der Waals surface area contributed by atoms with Gasteiger partial charge in [-0.2, -0.15) is 4.98 Å². The summed E-state index contributed by atoms with van der Waals surface area (Å²) in [7, 11) is 0. The second-order valence-electron chi connectivity index (χ2n) is 6.20. The van der Waals surface area contributed by atoms with E-state index in [1.807, 2.05) is 43.3 Å². The molecule has 0 aliphatic carbocycles. The van der Waals surface area contributed by atoms with Gasteiger partial charge in [0.15, 0.2) is 0 Å². The highest BCUT2D eigenvalue weighted by Gasteiger charge is 2.06. The van der Waals surface area contributed by atoms with Crippen molar-refractivity contribution in [1.29, 1.82) is 0 Å². The molecule has 0 aliphatic heterocycles. The summed E-state index contributed by atoms with van der Waals surface area (Å²) < 4.78 is 13.0. The zero-order valence-corrected chi connectivity index (χ0v) is 14.8. The van der Waals surface area contributed by atoms with Gasteiger partial charge < -0.3 is 10.6 Å². The molecule has 0 aliphatic rings. The predicted octanol–water partition coefficient (Wildman–Crippen LogP) is 4.83. The van der Waals surface area contributed by atoms with Gasteiger partial charge in [-0.15, -0.1) is 0 Å². The Hall–Kier alpha value is -3.54. The number of benzene rings is 2. The van der Waals surface area contributed by atoms with E-state index in [1.165, 1.54) is 12.1 Å². The molecule has 2 aromatic heterocycles. The van der Waals surface area contributed by atoms with E-state index in [0.29, 0.717) is 18.3 Å². The van der Waals surface area contributed by atoms with Crippen LogP contribution in [0.2, 0.25) is 0 Å². The summed E-state index contributed by atoms with van der Waals surface area (Å²) in [4.78, 5) is 13.4. The summed E-state index contributed by atoms with van der Waals surface area (Å²) in [6.45, 7) is 2.46. The third-order valence-corrected chi connectivity index (χ3v) is 4.12.